The summed E-state index contributed by atoms with van der Waals surface area (Å²) in [5, 5.41) is 4.36. The molecule has 3 aromatic heterocycles. The molecule has 6 nitrogen and oxygen atoms in total. The van der Waals surface area contributed by atoms with Crippen LogP contribution in [0.1, 0.15) is 26.5 Å². The summed E-state index contributed by atoms with van der Waals surface area (Å²) >= 11 is 1.61. The van der Waals surface area contributed by atoms with E-state index in [-0.39, 0.29) is 17.4 Å². The third-order valence-corrected chi connectivity index (χ3v) is 5.60. The Bertz CT molecular complexity index is 1030. The molecule has 0 fully saturated rings. The number of ether oxygens (including phenoxy) is 1. The molecule has 4 rings (SSSR count). The number of fused-ring (bicyclic) bond motifs is 1. The lowest BCUT2D eigenvalue weighted by atomic mass is 10.2. The van der Waals surface area contributed by atoms with Crippen molar-refractivity contribution in [2.75, 3.05) is 6.61 Å². The van der Waals surface area contributed by atoms with E-state index in [1.807, 2.05) is 32.3 Å². The van der Waals surface area contributed by atoms with Crippen LogP contribution in [0.15, 0.2) is 30.6 Å². The second-order valence-corrected chi connectivity index (χ2v) is 7.75. The van der Waals surface area contributed by atoms with Gasteiger partial charge in [-0.05, 0) is 30.7 Å². The first-order valence-electron chi connectivity index (χ1n) is 8.70. The van der Waals surface area contributed by atoms with Gasteiger partial charge in [0, 0.05) is 41.3 Å². The minimum Gasteiger partial charge on any atom is -0.471 e. The number of thiophene rings is 1. The van der Waals surface area contributed by atoms with Crippen molar-refractivity contribution in [2.24, 2.45) is 7.05 Å². The molecule has 0 bridgehead atoms. The van der Waals surface area contributed by atoms with E-state index in [4.69, 9.17) is 4.74 Å². The molecule has 0 spiro atoms. The molecule has 1 amide bonds. The van der Waals surface area contributed by atoms with Crippen molar-refractivity contribution in [3.05, 3.63) is 52.3 Å². The second kappa shape index (κ2) is 7.31. The molecule has 0 saturated carbocycles. The lowest BCUT2D eigenvalue weighted by molar-refractivity contribution is 0.0720. The number of hydrogen-bond donors (Lipinski definition) is 0. The van der Waals surface area contributed by atoms with Crippen LogP contribution < -0.4 is 4.74 Å². The monoisotopic (exact) mass is 404 g/mol. The summed E-state index contributed by atoms with van der Waals surface area (Å²) in [4.78, 5) is 20.6. The van der Waals surface area contributed by atoms with Gasteiger partial charge >= 0.3 is 0 Å². The number of rotatable bonds is 6. The van der Waals surface area contributed by atoms with Crippen LogP contribution >= 0.6 is 11.3 Å². The number of carbonyl (C=O) groups excluding carboxylic acids is 1. The van der Waals surface area contributed by atoms with Crippen LogP contribution in [0.5, 0.6) is 5.88 Å². The number of aryl methyl sites for hydroxylation is 2. The average Bonchev–Trinajstić information content (AvgIpc) is 3.32. The summed E-state index contributed by atoms with van der Waals surface area (Å²) in [6.45, 7) is 2.02. The first kappa shape index (κ1) is 18.5. The minimum absolute atomic E-state index is 0.0249. The molecule has 28 heavy (non-hydrogen) atoms. The highest BCUT2D eigenvalue weighted by atomic mass is 32.1. The predicted molar refractivity (Wildman–Crippen MR) is 101 cm³/mol. The Balaban J connectivity index is 1.52. The quantitative estimate of drug-likeness (QED) is 0.629. The van der Waals surface area contributed by atoms with Gasteiger partial charge < -0.3 is 9.64 Å². The normalized spacial score (nSPS) is 13.5. The molecule has 0 saturated heterocycles. The van der Waals surface area contributed by atoms with Gasteiger partial charge in [-0.25, -0.2) is 13.8 Å². The van der Waals surface area contributed by atoms with E-state index in [2.05, 4.69) is 10.1 Å². The fourth-order valence-electron chi connectivity index (χ4n) is 3.29. The van der Waals surface area contributed by atoms with E-state index in [9.17, 15) is 13.6 Å². The molecule has 3 aromatic rings. The van der Waals surface area contributed by atoms with E-state index in [0.29, 0.717) is 13.1 Å². The topological polar surface area (TPSA) is 60.3 Å². The zero-order valence-electron chi connectivity index (χ0n) is 15.4. The van der Waals surface area contributed by atoms with Gasteiger partial charge in [-0.3, -0.25) is 9.48 Å². The summed E-state index contributed by atoms with van der Waals surface area (Å²) < 4.78 is 31.7. The Morgan fingerprint density at radius 3 is 2.86 bits per heavy atom. The number of nitrogens with zero attached hydrogens (tertiary/aromatic N) is 4. The van der Waals surface area contributed by atoms with Gasteiger partial charge in [-0.15, -0.1) is 11.3 Å². The van der Waals surface area contributed by atoms with Crippen molar-refractivity contribution < 1.29 is 18.3 Å². The third kappa shape index (κ3) is 3.49. The number of hydrogen-bond acceptors (Lipinski definition) is 5. The van der Waals surface area contributed by atoms with Crippen LogP contribution in [-0.2, 0) is 20.1 Å². The Morgan fingerprint density at radius 1 is 1.32 bits per heavy atom. The van der Waals surface area contributed by atoms with Crippen LogP contribution in [0.25, 0.3) is 10.4 Å². The molecule has 1 aliphatic rings. The van der Waals surface area contributed by atoms with Crippen LogP contribution in [0.4, 0.5) is 8.78 Å². The zero-order chi connectivity index (χ0) is 19.8. The Kier molecular flexibility index (Phi) is 4.84. The zero-order valence-corrected chi connectivity index (χ0v) is 16.2. The lowest BCUT2D eigenvalue weighted by Gasteiger charge is -2.14. The maximum Gasteiger partial charge on any atom is 0.272 e. The van der Waals surface area contributed by atoms with E-state index in [1.54, 1.807) is 27.0 Å². The Hall–Kier alpha value is -2.81. The minimum atomic E-state index is -2.62. The van der Waals surface area contributed by atoms with Gasteiger partial charge in [0.05, 0.1) is 12.2 Å². The van der Waals surface area contributed by atoms with E-state index >= 15 is 0 Å². The molecule has 0 unspecified atom stereocenters. The number of carbonyl (C=O) groups is 1. The van der Waals surface area contributed by atoms with Crippen molar-refractivity contribution >= 4 is 17.2 Å². The average molecular weight is 404 g/mol. The number of alkyl halides is 2. The number of pyridine rings is 1. The number of amides is 1. The molecule has 0 N–H and O–H groups in total. The Labute approximate surface area is 164 Å². The van der Waals surface area contributed by atoms with Crippen molar-refractivity contribution in [1.82, 2.24) is 19.7 Å². The van der Waals surface area contributed by atoms with E-state index < -0.39 is 13.0 Å². The SMILES string of the molecule is Cc1nn(C)cc1-c1ccc(CN2Cc3ccnc(OCC(F)F)c3C2=O)s1. The predicted octanol–water partition coefficient (Wildman–Crippen LogP) is 3.65. The molecular formula is C19H18F2N4O2S. The van der Waals surface area contributed by atoms with Gasteiger partial charge in [0.25, 0.3) is 12.3 Å². The molecule has 9 heteroatoms. The highest BCUT2D eigenvalue weighted by molar-refractivity contribution is 7.15. The van der Waals surface area contributed by atoms with Crippen LogP contribution in [0, 0.1) is 6.92 Å². The molecule has 4 heterocycles. The summed E-state index contributed by atoms with van der Waals surface area (Å²) in [6.07, 6.45) is 0.830. The first-order valence-corrected chi connectivity index (χ1v) is 9.51. The molecular weight excluding hydrogens is 386 g/mol. The van der Waals surface area contributed by atoms with Gasteiger partial charge in [-0.2, -0.15) is 5.10 Å². The van der Waals surface area contributed by atoms with Gasteiger partial charge in [0.1, 0.15) is 5.56 Å². The Morgan fingerprint density at radius 2 is 2.14 bits per heavy atom. The highest BCUT2D eigenvalue weighted by Gasteiger charge is 2.32. The van der Waals surface area contributed by atoms with Crippen LogP contribution in [0.3, 0.4) is 0 Å². The second-order valence-electron chi connectivity index (χ2n) is 6.58. The molecule has 0 aliphatic carbocycles. The third-order valence-electron chi connectivity index (χ3n) is 4.50. The summed E-state index contributed by atoms with van der Waals surface area (Å²) in [6, 6.07) is 5.74. The van der Waals surface area contributed by atoms with Crippen molar-refractivity contribution in [3.8, 4) is 16.3 Å². The first-order chi connectivity index (χ1) is 13.4. The summed E-state index contributed by atoms with van der Waals surface area (Å²) in [5.41, 5.74) is 3.04. The number of aromatic nitrogens is 3. The van der Waals surface area contributed by atoms with Gasteiger partial charge in [-0.1, -0.05) is 0 Å². The summed E-state index contributed by atoms with van der Waals surface area (Å²) in [7, 11) is 1.88. The maximum atomic E-state index is 12.8. The van der Waals surface area contributed by atoms with Crippen LogP contribution in [-0.4, -0.2) is 38.6 Å². The standard InChI is InChI=1S/C19H18F2N4O2S/c1-11-14(9-24(2)23-11)15-4-3-13(28-15)8-25-7-12-5-6-22-18(17(12)19(25)26)27-10-16(20)21/h3-6,9,16H,7-8,10H2,1-2H3. The van der Waals surface area contributed by atoms with E-state index in [0.717, 1.165) is 26.6 Å². The number of halogens is 2. The van der Waals surface area contributed by atoms with Gasteiger partial charge in [0.2, 0.25) is 5.88 Å². The highest BCUT2D eigenvalue weighted by Crippen LogP contribution is 2.34. The van der Waals surface area contributed by atoms with Crippen molar-refractivity contribution in [1.29, 1.82) is 0 Å². The smallest absolute Gasteiger partial charge is 0.272 e. The fourth-order valence-corrected chi connectivity index (χ4v) is 4.38. The molecule has 0 aromatic carbocycles. The van der Waals surface area contributed by atoms with Crippen molar-refractivity contribution in [3.63, 3.8) is 0 Å². The molecule has 0 radical (unpaired) electrons. The van der Waals surface area contributed by atoms with Crippen molar-refractivity contribution in [2.45, 2.75) is 26.4 Å². The molecule has 0 atom stereocenters. The van der Waals surface area contributed by atoms with E-state index in [1.165, 1.54) is 6.20 Å². The van der Waals surface area contributed by atoms with Crippen LogP contribution in [0.2, 0.25) is 0 Å². The maximum absolute atomic E-state index is 12.8. The lowest BCUT2D eigenvalue weighted by Crippen LogP contribution is -2.23. The largest absolute Gasteiger partial charge is 0.471 e. The summed E-state index contributed by atoms with van der Waals surface area (Å²) in [5.74, 6) is -0.275. The molecule has 146 valence electrons. The van der Waals surface area contributed by atoms with Gasteiger partial charge in [0.15, 0.2) is 6.61 Å². The fraction of sp³-hybridized carbons (Fsp3) is 0.316. The molecule has 1 aliphatic heterocycles.